The molecule has 1 amide bonds. The van der Waals surface area contributed by atoms with Gasteiger partial charge in [0, 0.05) is 26.2 Å². The lowest BCUT2D eigenvalue weighted by atomic mass is 9.84. The summed E-state index contributed by atoms with van der Waals surface area (Å²) in [7, 11) is 1.62. The summed E-state index contributed by atoms with van der Waals surface area (Å²) in [6.45, 7) is 6.28. The van der Waals surface area contributed by atoms with Crippen LogP contribution >= 0.6 is 0 Å². The predicted molar refractivity (Wildman–Crippen MR) is 90.0 cm³/mol. The zero-order valence-corrected chi connectivity index (χ0v) is 14.3. The number of hydrogen-bond acceptors (Lipinski definition) is 3. The molecule has 0 atom stereocenters. The molecule has 0 aromatic heterocycles. The molecule has 6 heteroatoms. The molecule has 1 fully saturated rings. The fourth-order valence-electron chi connectivity index (χ4n) is 2.73. The van der Waals surface area contributed by atoms with Crippen LogP contribution < -0.4 is 16.0 Å². The van der Waals surface area contributed by atoms with Gasteiger partial charge in [-0.1, -0.05) is 13.3 Å². The van der Waals surface area contributed by atoms with E-state index in [2.05, 4.69) is 27.9 Å². The molecule has 1 aliphatic rings. The molecule has 0 unspecified atom stereocenters. The highest BCUT2D eigenvalue weighted by Crippen LogP contribution is 2.26. The van der Waals surface area contributed by atoms with E-state index >= 15 is 0 Å². The number of methoxy groups -OCH3 is 1. The van der Waals surface area contributed by atoms with Gasteiger partial charge in [-0.3, -0.25) is 4.79 Å². The summed E-state index contributed by atoms with van der Waals surface area (Å²) in [5, 5.41) is 9.44. The number of carbonyl (C=O) groups is 1. The van der Waals surface area contributed by atoms with Crippen LogP contribution in [-0.4, -0.2) is 51.3 Å². The van der Waals surface area contributed by atoms with E-state index in [0.29, 0.717) is 19.2 Å². The summed E-state index contributed by atoms with van der Waals surface area (Å²) in [6, 6.07) is 0.470. The van der Waals surface area contributed by atoms with Gasteiger partial charge in [0.15, 0.2) is 5.96 Å². The van der Waals surface area contributed by atoms with E-state index in [-0.39, 0.29) is 12.5 Å². The van der Waals surface area contributed by atoms with Crippen molar-refractivity contribution in [3.05, 3.63) is 0 Å². The van der Waals surface area contributed by atoms with Crippen LogP contribution in [0.3, 0.4) is 0 Å². The maximum Gasteiger partial charge on any atom is 0.241 e. The molecule has 0 saturated heterocycles. The molecule has 0 heterocycles. The molecular weight excluding hydrogens is 280 g/mol. The molecule has 22 heavy (non-hydrogen) atoms. The van der Waals surface area contributed by atoms with Crippen LogP contribution in [0.5, 0.6) is 0 Å². The summed E-state index contributed by atoms with van der Waals surface area (Å²) in [4.78, 5) is 16.0. The average molecular weight is 312 g/mol. The Kier molecular flexibility index (Phi) is 9.62. The number of hydrogen-bond donors (Lipinski definition) is 3. The molecule has 0 aromatic carbocycles. The largest absolute Gasteiger partial charge is 0.383 e. The topological polar surface area (TPSA) is 74.8 Å². The normalized spacial score (nSPS) is 22.2. The van der Waals surface area contributed by atoms with Gasteiger partial charge in [-0.25, -0.2) is 4.99 Å². The zero-order valence-electron chi connectivity index (χ0n) is 14.3. The maximum absolute atomic E-state index is 11.7. The number of guanidine groups is 1. The Labute approximate surface area is 134 Å². The first-order valence-electron chi connectivity index (χ1n) is 8.50. The van der Waals surface area contributed by atoms with Gasteiger partial charge >= 0.3 is 0 Å². The molecule has 1 aliphatic carbocycles. The number of carbonyl (C=O) groups excluding carboxylic acids is 1. The number of nitrogens with zero attached hydrogens (tertiary/aromatic N) is 1. The zero-order chi connectivity index (χ0) is 16.2. The van der Waals surface area contributed by atoms with Crippen molar-refractivity contribution in [2.75, 3.05) is 33.4 Å². The molecule has 0 bridgehead atoms. The summed E-state index contributed by atoms with van der Waals surface area (Å²) < 4.78 is 4.90. The monoisotopic (exact) mass is 312 g/mol. The van der Waals surface area contributed by atoms with Gasteiger partial charge in [-0.2, -0.15) is 0 Å². The first-order valence-corrected chi connectivity index (χ1v) is 8.50. The second kappa shape index (κ2) is 11.3. The van der Waals surface area contributed by atoms with E-state index in [0.717, 1.165) is 18.4 Å². The summed E-state index contributed by atoms with van der Waals surface area (Å²) in [6.07, 6.45) is 6.21. The van der Waals surface area contributed by atoms with Crippen LogP contribution in [-0.2, 0) is 9.53 Å². The molecule has 6 nitrogen and oxygen atoms in total. The van der Waals surface area contributed by atoms with E-state index < -0.39 is 0 Å². The van der Waals surface area contributed by atoms with E-state index in [1.807, 2.05) is 6.92 Å². The van der Waals surface area contributed by atoms with E-state index in [1.54, 1.807) is 7.11 Å². The standard InChI is InChI=1S/C16H32N4O2/c1-4-13-6-8-14(9-7-13)20-16(17-5-2)19-12-15(21)18-10-11-22-3/h13-14H,4-12H2,1-3H3,(H,18,21)(H2,17,19,20). The highest BCUT2D eigenvalue weighted by atomic mass is 16.5. The molecule has 0 aliphatic heterocycles. The minimum atomic E-state index is -0.0797. The third kappa shape index (κ3) is 7.64. The lowest BCUT2D eigenvalue weighted by molar-refractivity contribution is -0.119. The number of nitrogens with one attached hydrogen (secondary N) is 3. The van der Waals surface area contributed by atoms with Crippen LogP contribution in [0.15, 0.2) is 4.99 Å². The van der Waals surface area contributed by atoms with Gasteiger partial charge in [0.1, 0.15) is 6.54 Å². The van der Waals surface area contributed by atoms with Crippen molar-refractivity contribution in [2.45, 2.75) is 52.0 Å². The first kappa shape index (κ1) is 18.7. The highest BCUT2D eigenvalue weighted by Gasteiger charge is 2.20. The Bertz CT molecular complexity index is 339. The third-order valence-electron chi connectivity index (χ3n) is 4.12. The lowest BCUT2D eigenvalue weighted by Gasteiger charge is -2.29. The maximum atomic E-state index is 11.7. The smallest absolute Gasteiger partial charge is 0.241 e. The fourth-order valence-corrected chi connectivity index (χ4v) is 2.73. The Morgan fingerprint density at radius 3 is 2.50 bits per heavy atom. The van der Waals surface area contributed by atoms with Crippen LogP contribution in [0.2, 0.25) is 0 Å². The fraction of sp³-hybridized carbons (Fsp3) is 0.875. The molecule has 0 aromatic rings. The highest BCUT2D eigenvalue weighted by molar-refractivity contribution is 5.85. The Morgan fingerprint density at radius 1 is 1.18 bits per heavy atom. The minimum Gasteiger partial charge on any atom is -0.383 e. The summed E-state index contributed by atoms with van der Waals surface area (Å²) in [5.41, 5.74) is 0. The summed E-state index contributed by atoms with van der Waals surface area (Å²) in [5.74, 6) is 1.54. The van der Waals surface area contributed by atoms with Crippen LogP contribution in [0.1, 0.15) is 46.0 Å². The van der Waals surface area contributed by atoms with E-state index in [1.165, 1.54) is 32.1 Å². The Hall–Kier alpha value is -1.30. The number of aliphatic imine (C=N–C) groups is 1. The average Bonchev–Trinajstić information content (AvgIpc) is 2.54. The second-order valence-corrected chi connectivity index (χ2v) is 5.81. The van der Waals surface area contributed by atoms with Crippen molar-refractivity contribution in [1.82, 2.24) is 16.0 Å². The Morgan fingerprint density at radius 2 is 1.91 bits per heavy atom. The number of ether oxygens (including phenoxy) is 1. The number of rotatable bonds is 8. The van der Waals surface area contributed by atoms with Gasteiger partial charge in [-0.15, -0.1) is 0 Å². The van der Waals surface area contributed by atoms with Crippen molar-refractivity contribution in [2.24, 2.45) is 10.9 Å². The van der Waals surface area contributed by atoms with Crippen LogP contribution in [0.4, 0.5) is 0 Å². The Balaban J connectivity index is 2.37. The molecular formula is C16H32N4O2. The van der Waals surface area contributed by atoms with Crippen molar-refractivity contribution in [1.29, 1.82) is 0 Å². The van der Waals surface area contributed by atoms with Gasteiger partial charge in [0.05, 0.1) is 6.61 Å². The van der Waals surface area contributed by atoms with Crippen molar-refractivity contribution < 1.29 is 9.53 Å². The quantitative estimate of drug-likeness (QED) is 0.358. The molecule has 3 N–H and O–H groups in total. The van der Waals surface area contributed by atoms with Gasteiger partial charge in [0.25, 0.3) is 0 Å². The molecule has 1 rings (SSSR count). The predicted octanol–water partition coefficient (Wildman–Crippen LogP) is 1.27. The second-order valence-electron chi connectivity index (χ2n) is 5.81. The lowest BCUT2D eigenvalue weighted by Crippen LogP contribution is -2.45. The van der Waals surface area contributed by atoms with Crippen LogP contribution in [0, 0.1) is 5.92 Å². The van der Waals surface area contributed by atoms with Gasteiger partial charge in [0.2, 0.25) is 5.91 Å². The SMILES string of the molecule is CCNC(=NCC(=O)NCCOC)NC1CCC(CC)CC1. The molecule has 1 saturated carbocycles. The van der Waals surface area contributed by atoms with Crippen molar-refractivity contribution in [3.63, 3.8) is 0 Å². The first-order chi connectivity index (χ1) is 10.7. The molecule has 128 valence electrons. The third-order valence-corrected chi connectivity index (χ3v) is 4.12. The van der Waals surface area contributed by atoms with E-state index in [4.69, 9.17) is 4.74 Å². The molecule has 0 radical (unpaired) electrons. The van der Waals surface area contributed by atoms with Gasteiger partial charge in [-0.05, 0) is 38.5 Å². The van der Waals surface area contributed by atoms with Crippen molar-refractivity contribution in [3.8, 4) is 0 Å². The van der Waals surface area contributed by atoms with E-state index in [9.17, 15) is 4.79 Å². The number of amides is 1. The van der Waals surface area contributed by atoms with Crippen molar-refractivity contribution >= 4 is 11.9 Å². The van der Waals surface area contributed by atoms with Gasteiger partial charge < -0.3 is 20.7 Å². The van der Waals surface area contributed by atoms with Crippen LogP contribution in [0.25, 0.3) is 0 Å². The minimum absolute atomic E-state index is 0.0797. The molecule has 0 spiro atoms. The summed E-state index contributed by atoms with van der Waals surface area (Å²) >= 11 is 0.